The molecule has 0 amide bonds. The molecule has 5 nitrogen and oxygen atoms in total. The molecule has 10 aromatic carbocycles. The predicted molar refractivity (Wildman–Crippen MR) is 319 cm³/mol. The molecule has 0 saturated heterocycles. The van der Waals surface area contributed by atoms with Gasteiger partial charge in [-0.1, -0.05) is 194 Å². The van der Waals surface area contributed by atoms with E-state index in [1.807, 2.05) is 0 Å². The first-order valence-corrected chi connectivity index (χ1v) is 26.9. The molecule has 6 heteroatoms. The molecule has 76 heavy (non-hydrogen) atoms. The normalized spacial score (nSPS) is 15.1. The first-order chi connectivity index (χ1) is 37.7. The fourth-order valence-electron chi connectivity index (χ4n) is 12.5. The van der Waals surface area contributed by atoms with Crippen molar-refractivity contribution >= 4 is 92.3 Å². The zero-order valence-corrected chi connectivity index (χ0v) is 41.9. The van der Waals surface area contributed by atoms with E-state index in [0.29, 0.717) is 5.82 Å². The van der Waals surface area contributed by atoms with E-state index in [0.717, 1.165) is 66.1 Å². The molecule has 14 aromatic rings. The summed E-state index contributed by atoms with van der Waals surface area (Å²) in [6.07, 6.45) is 7.38. The number of hydrogen-bond acceptors (Lipinski definition) is 4. The van der Waals surface area contributed by atoms with Crippen LogP contribution in [0.5, 0.6) is 0 Å². The molecule has 2 aliphatic rings. The Bertz CT molecular complexity index is 4550. The highest BCUT2D eigenvalue weighted by Crippen LogP contribution is 2.56. The lowest BCUT2D eigenvalue weighted by molar-refractivity contribution is 0.744. The van der Waals surface area contributed by atoms with Gasteiger partial charge in [0.15, 0.2) is 5.82 Å². The monoisotopic (exact) mass is 987 g/mol. The van der Waals surface area contributed by atoms with Crippen molar-refractivity contribution < 1.29 is 0 Å². The van der Waals surface area contributed by atoms with Crippen molar-refractivity contribution in [2.45, 2.75) is 12.0 Å². The Hall–Kier alpha value is -9.62. The number of nitrogens with zero attached hydrogens (tertiary/aromatic N) is 5. The van der Waals surface area contributed by atoms with E-state index in [2.05, 4.69) is 275 Å². The standard InChI is InChI=1S/C70H45N5S/c1-4-20-44(21-5-1)55-40-47(66-69-67(54-30-14-19-35-65(54)76-69)72-70(71-66)46-24-8-3-9-25-46)41-56(45-22-6-2-7-23-45)68(55)75-63-38-36-48(73-59-31-15-10-26-50(59)51-27-11-16-32-60(51)73)42-57(63)58-43-49(37-39-64(58)75)74-61-33-17-12-28-52(61)53-29-13-18-34-62(53)74/h1-43,57,63H. The van der Waals surface area contributed by atoms with E-state index in [4.69, 9.17) is 9.97 Å². The Kier molecular flexibility index (Phi) is 9.56. The number of fused-ring (bicyclic) bond motifs is 12. The maximum Gasteiger partial charge on any atom is 0.160 e. The maximum absolute atomic E-state index is 5.55. The minimum absolute atomic E-state index is 0.0108. The molecule has 2 unspecified atom stereocenters. The minimum atomic E-state index is -0.0611. The van der Waals surface area contributed by atoms with Crippen molar-refractivity contribution in [2.75, 3.05) is 4.90 Å². The van der Waals surface area contributed by atoms with Crippen LogP contribution >= 0.6 is 11.3 Å². The summed E-state index contributed by atoms with van der Waals surface area (Å²) in [6.45, 7) is 0. The summed E-state index contributed by atoms with van der Waals surface area (Å²) in [5.74, 6) is 0.704. The average Bonchev–Trinajstić information content (AvgIpc) is 4.31. The molecule has 0 bridgehead atoms. The molecule has 0 spiro atoms. The fraction of sp³-hybridized carbons (Fsp3) is 0.0286. The summed E-state index contributed by atoms with van der Waals surface area (Å²) in [6, 6.07) is 88.2. The molecule has 0 N–H and O–H groups in total. The summed E-state index contributed by atoms with van der Waals surface area (Å²) < 4.78 is 7.20. The number of benzene rings is 10. The highest BCUT2D eigenvalue weighted by Gasteiger charge is 2.41. The van der Waals surface area contributed by atoms with Crippen LogP contribution in [0, 0.1) is 0 Å². The lowest BCUT2D eigenvalue weighted by Gasteiger charge is -2.34. The van der Waals surface area contributed by atoms with Crippen LogP contribution in [-0.4, -0.2) is 25.1 Å². The second kappa shape index (κ2) is 17.0. The van der Waals surface area contributed by atoms with E-state index >= 15 is 0 Å². The maximum atomic E-state index is 5.55. The van der Waals surface area contributed by atoms with E-state index in [-0.39, 0.29) is 12.0 Å². The minimum Gasteiger partial charge on any atom is -0.332 e. The summed E-state index contributed by atoms with van der Waals surface area (Å²) in [5.41, 5.74) is 19.2. The van der Waals surface area contributed by atoms with Crippen molar-refractivity contribution in [2.24, 2.45) is 0 Å². The van der Waals surface area contributed by atoms with E-state index in [1.165, 1.54) is 65.3 Å². The molecule has 356 valence electrons. The third-order valence-electron chi connectivity index (χ3n) is 15.8. The van der Waals surface area contributed by atoms with E-state index < -0.39 is 0 Å². The van der Waals surface area contributed by atoms with Gasteiger partial charge in [0, 0.05) is 76.9 Å². The molecule has 4 aromatic heterocycles. The van der Waals surface area contributed by atoms with Gasteiger partial charge in [0.05, 0.1) is 49.7 Å². The van der Waals surface area contributed by atoms with Crippen LogP contribution in [0.15, 0.2) is 261 Å². The zero-order valence-electron chi connectivity index (χ0n) is 41.1. The first-order valence-electron chi connectivity index (χ1n) is 26.1. The molecule has 1 aliphatic carbocycles. The summed E-state index contributed by atoms with van der Waals surface area (Å²) in [5, 5.41) is 6.15. The second-order valence-corrected chi connectivity index (χ2v) is 21.1. The van der Waals surface area contributed by atoms with Gasteiger partial charge in [-0.3, -0.25) is 0 Å². The summed E-state index contributed by atoms with van der Waals surface area (Å²) in [7, 11) is 0. The SMILES string of the molecule is C1=CC2C(C=C1n1c3ccccc3c3ccccc31)c1cc(-n3c4ccccc4c4ccccc43)ccc1N2c1c(-c2ccccc2)cc(-c2nc(-c3ccccc3)nc3c2sc2ccccc23)cc1-c1ccccc1. The molecule has 2 atom stereocenters. The topological polar surface area (TPSA) is 38.9 Å². The molecule has 5 heterocycles. The number of hydrogen-bond donors (Lipinski definition) is 0. The Morgan fingerprint density at radius 2 is 0.921 bits per heavy atom. The number of allylic oxidation sites excluding steroid dienone is 2. The van der Waals surface area contributed by atoms with Crippen LogP contribution in [0.1, 0.15) is 11.5 Å². The molecule has 1 aliphatic heterocycles. The summed E-state index contributed by atoms with van der Waals surface area (Å²) in [4.78, 5) is 13.5. The van der Waals surface area contributed by atoms with Gasteiger partial charge in [-0.2, -0.15) is 0 Å². The molecular formula is C70H45N5S. The van der Waals surface area contributed by atoms with Crippen molar-refractivity contribution in [3.63, 3.8) is 0 Å². The van der Waals surface area contributed by atoms with Crippen LogP contribution in [0.4, 0.5) is 11.4 Å². The van der Waals surface area contributed by atoms with Gasteiger partial charge in [-0.25, -0.2) is 9.97 Å². The molecule has 16 rings (SSSR count). The summed E-state index contributed by atoms with van der Waals surface area (Å²) >= 11 is 1.77. The molecule has 0 radical (unpaired) electrons. The lowest BCUT2D eigenvalue weighted by atomic mass is 9.88. The quantitative estimate of drug-likeness (QED) is 0.160. The van der Waals surface area contributed by atoms with Crippen LogP contribution in [0.3, 0.4) is 0 Å². The van der Waals surface area contributed by atoms with Crippen LogP contribution in [0.25, 0.3) is 120 Å². The van der Waals surface area contributed by atoms with Crippen molar-refractivity contribution in [1.82, 2.24) is 19.1 Å². The number of anilines is 2. The Balaban J connectivity index is 0.978. The van der Waals surface area contributed by atoms with Crippen molar-refractivity contribution in [1.29, 1.82) is 0 Å². The fourth-order valence-corrected chi connectivity index (χ4v) is 13.7. The van der Waals surface area contributed by atoms with Gasteiger partial charge >= 0.3 is 0 Å². The largest absolute Gasteiger partial charge is 0.332 e. The number of thiophene rings is 1. The Labute approximate surface area is 442 Å². The zero-order chi connectivity index (χ0) is 49.8. The first kappa shape index (κ1) is 42.8. The predicted octanol–water partition coefficient (Wildman–Crippen LogP) is 18.4. The van der Waals surface area contributed by atoms with Gasteiger partial charge in [0.2, 0.25) is 0 Å². The molecular weight excluding hydrogens is 943 g/mol. The van der Waals surface area contributed by atoms with Crippen LogP contribution in [0.2, 0.25) is 0 Å². The third kappa shape index (κ3) is 6.51. The van der Waals surface area contributed by atoms with Crippen molar-refractivity contribution in [3.05, 3.63) is 266 Å². The Morgan fingerprint density at radius 1 is 0.421 bits per heavy atom. The highest BCUT2D eigenvalue weighted by molar-refractivity contribution is 7.26. The lowest BCUT2D eigenvalue weighted by Crippen LogP contribution is -2.30. The van der Waals surface area contributed by atoms with Crippen molar-refractivity contribution in [3.8, 4) is 50.6 Å². The number of rotatable bonds is 7. The number of aromatic nitrogens is 4. The van der Waals surface area contributed by atoms with Gasteiger partial charge in [0.25, 0.3) is 0 Å². The van der Waals surface area contributed by atoms with Gasteiger partial charge in [-0.15, -0.1) is 11.3 Å². The average molecular weight is 988 g/mol. The second-order valence-electron chi connectivity index (χ2n) is 20.0. The van der Waals surface area contributed by atoms with Crippen LogP contribution < -0.4 is 4.90 Å². The van der Waals surface area contributed by atoms with Crippen LogP contribution in [-0.2, 0) is 0 Å². The highest BCUT2D eigenvalue weighted by atomic mass is 32.1. The van der Waals surface area contributed by atoms with Gasteiger partial charge in [0.1, 0.15) is 0 Å². The van der Waals surface area contributed by atoms with E-state index in [9.17, 15) is 0 Å². The molecule has 0 fully saturated rings. The van der Waals surface area contributed by atoms with Gasteiger partial charge in [-0.05, 0) is 83.4 Å². The molecule has 0 saturated carbocycles. The third-order valence-corrected chi connectivity index (χ3v) is 17.0. The van der Waals surface area contributed by atoms with E-state index in [1.54, 1.807) is 11.3 Å². The number of para-hydroxylation sites is 4. The Morgan fingerprint density at radius 3 is 1.50 bits per heavy atom. The smallest absolute Gasteiger partial charge is 0.160 e. The van der Waals surface area contributed by atoms with Gasteiger partial charge < -0.3 is 14.0 Å².